The Bertz CT molecular complexity index is 12.9. The summed E-state index contributed by atoms with van der Waals surface area (Å²) in [6.07, 6.45) is 0. The molecule has 0 aromatic carbocycles. The summed E-state index contributed by atoms with van der Waals surface area (Å²) in [5.41, 5.74) is 0. The molecule has 0 saturated carbocycles. The van der Waals surface area contributed by atoms with Gasteiger partial charge in [-0.2, -0.15) is 0 Å². The van der Waals surface area contributed by atoms with Crippen LogP contribution in [-0.2, 0) is 27.4 Å². The van der Waals surface area contributed by atoms with Gasteiger partial charge in [-0.3, -0.25) is 0 Å². The van der Waals surface area contributed by atoms with Crippen LogP contribution in [0.15, 0.2) is 0 Å². The van der Waals surface area contributed by atoms with Gasteiger partial charge in [-0.25, -0.2) is 0 Å². The van der Waals surface area contributed by atoms with Crippen molar-refractivity contribution in [1.29, 1.82) is 0 Å². The molecule has 5 nitrogen and oxygen atoms in total. The molecule has 0 radical (unpaired) electrons. The van der Waals surface area contributed by atoms with Crippen LogP contribution in [0, 0.1) is 0 Å². The summed E-state index contributed by atoms with van der Waals surface area (Å²) in [5.74, 6) is 0. The van der Waals surface area contributed by atoms with Crippen LogP contribution in [0.2, 0.25) is 0 Å². The first kappa shape index (κ1) is 117. The Labute approximate surface area is 156 Å². The van der Waals surface area contributed by atoms with Crippen molar-refractivity contribution in [2.24, 2.45) is 0 Å². The maximum atomic E-state index is 0. The van der Waals surface area contributed by atoms with Crippen LogP contribution in [0.4, 0.5) is 0 Å². The number of hydrogen-bond donors (Lipinski definition) is 0. The SMILES string of the molecule is [Al+3].[Al+3].[Ba+2].[Ba+2].[O-2].[O-2].[O-2].[O-2].[O-2]. The number of hydrogen-bond acceptors (Lipinski definition) is 0. The standard InChI is InChI=1S/2Al.2Ba.5O/q2*+3;2*+2;5*-2. The second kappa shape index (κ2) is 90.6. The Morgan fingerprint density at radius 1 is 0.333 bits per heavy atom. The molecule has 0 atom stereocenters. The van der Waals surface area contributed by atoms with Gasteiger partial charge in [0.05, 0.1) is 0 Å². The van der Waals surface area contributed by atoms with Crippen LogP contribution in [0.1, 0.15) is 0 Å². The molecule has 0 unspecified atom stereocenters. The van der Waals surface area contributed by atoms with Gasteiger partial charge in [-0.1, -0.05) is 0 Å². The van der Waals surface area contributed by atoms with Gasteiger partial charge in [0.25, 0.3) is 0 Å². The van der Waals surface area contributed by atoms with Crippen LogP contribution in [0.25, 0.3) is 0 Å². The fraction of sp³-hybridized carbons (Fsp3) is 0. The predicted octanol–water partition coefficient (Wildman–Crippen LogP) is -2.12. The summed E-state index contributed by atoms with van der Waals surface area (Å²) < 4.78 is 0. The van der Waals surface area contributed by atoms with Crippen molar-refractivity contribution in [3.05, 3.63) is 0 Å². The third kappa shape index (κ3) is 74.9. The number of rotatable bonds is 0. The molecule has 0 fully saturated rings. The molecule has 0 rings (SSSR count). The molecule has 0 amide bonds. The monoisotopic (exact) mass is 410 g/mol. The van der Waals surface area contributed by atoms with E-state index in [2.05, 4.69) is 0 Å². The minimum Gasteiger partial charge on any atom is -2.00 e. The van der Waals surface area contributed by atoms with Gasteiger partial charge in [-0.05, 0) is 0 Å². The zero-order chi connectivity index (χ0) is 0. The third-order valence-corrected chi connectivity index (χ3v) is 0. The average Bonchev–Trinajstić information content (AvgIpc) is 0. The van der Waals surface area contributed by atoms with E-state index in [1.165, 1.54) is 0 Å². The zero-order valence-corrected chi connectivity index (χ0v) is 15.8. The first-order valence-corrected chi connectivity index (χ1v) is 0. The molecule has 0 aromatic rings. The summed E-state index contributed by atoms with van der Waals surface area (Å²) in [4.78, 5) is 0. The van der Waals surface area contributed by atoms with Crippen LogP contribution in [-0.4, -0.2) is 132 Å². The van der Waals surface area contributed by atoms with E-state index < -0.39 is 0 Å². The fourth-order valence-corrected chi connectivity index (χ4v) is 0. The molecule has 0 aliphatic carbocycles. The normalized spacial score (nSPS) is 0. The van der Waals surface area contributed by atoms with E-state index in [0.717, 1.165) is 0 Å². The molecule has 0 spiro atoms. The first-order valence-electron chi connectivity index (χ1n) is 0. The molecular formula is Al2Ba2O5. The van der Waals surface area contributed by atoms with Gasteiger partial charge in [0, 0.05) is 0 Å². The first-order chi connectivity index (χ1) is 0. The molecule has 9 heteroatoms. The van der Waals surface area contributed by atoms with Gasteiger partial charge >= 0.3 is 132 Å². The van der Waals surface area contributed by atoms with E-state index in [9.17, 15) is 0 Å². The molecule has 0 N–H and O–H groups in total. The minimum absolute atomic E-state index is 0. The van der Waals surface area contributed by atoms with E-state index in [4.69, 9.17) is 0 Å². The Morgan fingerprint density at radius 2 is 0.333 bits per heavy atom. The minimum atomic E-state index is 0. The summed E-state index contributed by atoms with van der Waals surface area (Å²) in [7, 11) is 0. The van der Waals surface area contributed by atoms with Crippen molar-refractivity contribution < 1.29 is 27.4 Å². The molecule has 40 valence electrons. The van der Waals surface area contributed by atoms with Gasteiger partial charge in [0.2, 0.25) is 0 Å². The van der Waals surface area contributed by atoms with E-state index in [0.29, 0.717) is 0 Å². The molecule has 0 bridgehead atoms. The molecule has 9 heavy (non-hydrogen) atoms. The van der Waals surface area contributed by atoms with Crippen molar-refractivity contribution in [3.8, 4) is 0 Å². The quantitative estimate of drug-likeness (QED) is 0.404. The molecule has 0 aromatic heterocycles. The van der Waals surface area contributed by atoms with Crippen molar-refractivity contribution in [1.82, 2.24) is 0 Å². The summed E-state index contributed by atoms with van der Waals surface area (Å²) in [6, 6.07) is 0. The van der Waals surface area contributed by atoms with Crippen LogP contribution in [0.5, 0.6) is 0 Å². The van der Waals surface area contributed by atoms with E-state index in [1.54, 1.807) is 0 Å². The van der Waals surface area contributed by atoms with Gasteiger partial charge in [-0.15, -0.1) is 0 Å². The van der Waals surface area contributed by atoms with E-state index >= 15 is 0 Å². The molecule has 0 heterocycles. The van der Waals surface area contributed by atoms with Crippen molar-refractivity contribution in [2.75, 3.05) is 0 Å². The van der Waals surface area contributed by atoms with Gasteiger partial charge in [0.15, 0.2) is 0 Å². The van der Waals surface area contributed by atoms with Gasteiger partial charge in [0.1, 0.15) is 0 Å². The predicted molar refractivity (Wildman–Crippen MR) is 26.4 cm³/mol. The zero-order valence-electron chi connectivity index (χ0n) is 4.61. The Hall–Kier alpha value is 4.01. The van der Waals surface area contributed by atoms with Crippen LogP contribution >= 0.6 is 0 Å². The Balaban J connectivity index is 0. The fourth-order valence-electron chi connectivity index (χ4n) is 0. The summed E-state index contributed by atoms with van der Waals surface area (Å²) >= 11 is 0. The van der Waals surface area contributed by atoms with E-state index in [1.807, 2.05) is 0 Å². The van der Waals surface area contributed by atoms with Crippen molar-refractivity contribution in [2.45, 2.75) is 0 Å². The maximum Gasteiger partial charge on any atom is 3.00 e. The maximum absolute atomic E-state index is 0. The average molecular weight is 409 g/mol. The third-order valence-electron chi connectivity index (χ3n) is 0. The summed E-state index contributed by atoms with van der Waals surface area (Å²) in [5, 5.41) is 0. The smallest absolute Gasteiger partial charge is 2.00 e. The second-order valence-electron chi connectivity index (χ2n) is 0. The van der Waals surface area contributed by atoms with Crippen molar-refractivity contribution >= 4 is 132 Å². The van der Waals surface area contributed by atoms with Gasteiger partial charge < -0.3 is 27.4 Å². The van der Waals surface area contributed by atoms with E-state index in [-0.39, 0.29) is 160 Å². The Kier molecular flexibility index (Phi) is 1180. The second-order valence-corrected chi connectivity index (χ2v) is 0. The molecular weight excluding hydrogens is 409 g/mol. The van der Waals surface area contributed by atoms with Crippen LogP contribution < -0.4 is 0 Å². The molecule has 0 aliphatic heterocycles. The molecule has 0 aliphatic rings. The molecule has 0 saturated heterocycles. The Morgan fingerprint density at radius 3 is 0.333 bits per heavy atom. The topological polar surface area (TPSA) is 142 Å². The largest absolute Gasteiger partial charge is 3.00 e. The van der Waals surface area contributed by atoms with Crippen LogP contribution in [0.3, 0.4) is 0 Å². The van der Waals surface area contributed by atoms with Crippen molar-refractivity contribution in [3.63, 3.8) is 0 Å². The summed E-state index contributed by atoms with van der Waals surface area (Å²) in [6.45, 7) is 0.